The second-order valence-corrected chi connectivity index (χ2v) is 3.65. The summed E-state index contributed by atoms with van der Waals surface area (Å²) < 4.78 is 4.75. The molecule has 0 radical (unpaired) electrons. The highest BCUT2D eigenvalue weighted by molar-refractivity contribution is 5.93. The quantitative estimate of drug-likeness (QED) is 0.818. The highest BCUT2D eigenvalue weighted by Crippen LogP contribution is 2.01. The first-order chi connectivity index (χ1) is 9.06. The van der Waals surface area contributed by atoms with Crippen LogP contribution in [0.25, 0.3) is 0 Å². The van der Waals surface area contributed by atoms with Gasteiger partial charge in [-0.1, -0.05) is 5.16 Å². The number of aromatic nitrogens is 3. The third kappa shape index (κ3) is 3.12. The normalized spacial score (nSPS) is 10.2. The summed E-state index contributed by atoms with van der Waals surface area (Å²) >= 11 is 0. The number of pyridine rings is 1. The zero-order valence-corrected chi connectivity index (χ0v) is 9.95. The van der Waals surface area contributed by atoms with Gasteiger partial charge in [0.2, 0.25) is 5.89 Å². The number of carbonyl (C=O) groups excluding carboxylic acids is 1. The van der Waals surface area contributed by atoms with Crippen molar-refractivity contribution in [1.29, 1.82) is 0 Å². The predicted molar refractivity (Wildman–Crippen MR) is 61.4 cm³/mol. The molecule has 0 saturated carbocycles. The molecule has 0 atom stereocenters. The molecule has 2 N–H and O–H groups in total. The number of amides is 1. The highest BCUT2D eigenvalue weighted by atomic mass is 16.5. The lowest BCUT2D eigenvalue weighted by Crippen LogP contribution is -2.24. The van der Waals surface area contributed by atoms with Gasteiger partial charge in [-0.3, -0.25) is 9.78 Å². The lowest BCUT2D eigenvalue weighted by atomic mass is 10.2. The number of carboxylic acids is 1. The Morgan fingerprint density at radius 1 is 1.42 bits per heavy atom. The van der Waals surface area contributed by atoms with E-state index in [-0.39, 0.29) is 17.8 Å². The minimum Gasteiger partial charge on any atom is -0.478 e. The third-order valence-electron chi connectivity index (χ3n) is 2.22. The van der Waals surface area contributed by atoms with Crippen molar-refractivity contribution in [2.24, 2.45) is 0 Å². The highest BCUT2D eigenvalue weighted by Gasteiger charge is 2.10. The summed E-state index contributed by atoms with van der Waals surface area (Å²) in [6.45, 7) is 1.75. The van der Waals surface area contributed by atoms with Crippen LogP contribution in [0.3, 0.4) is 0 Å². The van der Waals surface area contributed by atoms with E-state index in [1.54, 1.807) is 6.92 Å². The van der Waals surface area contributed by atoms with E-state index in [1.807, 2.05) is 0 Å². The van der Waals surface area contributed by atoms with Gasteiger partial charge in [0.1, 0.15) is 5.69 Å². The van der Waals surface area contributed by atoms with Gasteiger partial charge in [0, 0.05) is 13.1 Å². The summed E-state index contributed by atoms with van der Waals surface area (Å²) in [6.07, 6.45) is 1.12. The van der Waals surface area contributed by atoms with Crippen molar-refractivity contribution in [3.8, 4) is 0 Å². The second kappa shape index (κ2) is 5.25. The lowest BCUT2D eigenvalue weighted by molar-refractivity contribution is 0.0695. The standard InChI is InChI=1S/C11H10N4O4/c1-6-14-9(15-19-6)5-13-10(16)8-3-2-7(4-12-8)11(17)18/h2-4H,5H2,1H3,(H,13,16)(H,17,18). The number of aromatic carboxylic acids is 1. The first-order valence-corrected chi connectivity index (χ1v) is 5.33. The first-order valence-electron chi connectivity index (χ1n) is 5.33. The molecular formula is C11H10N4O4. The van der Waals surface area contributed by atoms with Crippen LogP contribution in [0.4, 0.5) is 0 Å². The SMILES string of the molecule is Cc1nc(CNC(=O)c2ccc(C(=O)O)cn2)no1. The number of carbonyl (C=O) groups is 2. The van der Waals surface area contributed by atoms with Crippen LogP contribution in [0.5, 0.6) is 0 Å². The summed E-state index contributed by atoms with van der Waals surface area (Å²) in [5.74, 6) is -0.776. The Labute approximate surface area is 107 Å². The molecule has 1 amide bonds. The van der Waals surface area contributed by atoms with E-state index in [2.05, 4.69) is 20.4 Å². The van der Waals surface area contributed by atoms with Crippen LogP contribution in [0.1, 0.15) is 32.6 Å². The van der Waals surface area contributed by atoms with Crippen molar-refractivity contribution >= 4 is 11.9 Å². The Hall–Kier alpha value is -2.77. The molecule has 0 saturated heterocycles. The number of aryl methyl sites for hydroxylation is 1. The maximum absolute atomic E-state index is 11.7. The molecule has 0 aliphatic heterocycles. The maximum Gasteiger partial charge on any atom is 0.337 e. The molecule has 0 aliphatic carbocycles. The molecule has 8 heteroatoms. The second-order valence-electron chi connectivity index (χ2n) is 3.65. The van der Waals surface area contributed by atoms with E-state index in [1.165, 1.54) is 12.1 Å². The molecule has 19 heavy (non-hydrogen) atoms. The summed E-state index contributed by atoms with van der Waals surface area (Å²) in [5, 5.41) is 14.9. The summed E-state index contributed by atoms with van der Waals surface area (Å²) in [5.41, 5.74) is 0.135. The van der Waals surface area contributed by atoms with Crippen molar-refractivity contribution < 1.29 is 19.2 Å². The average molecular weight is 262 g/mol. The Bertz CT molecular complexity index is 605. The smallest absolute Gasteiger partial charge is 0.337 e. The number of hydrogen-bond donors (Lipinski definition) is 2. The Morgan fingerprint density at radius 2 is 2.21 bits per heavy atom. The number of rotatable bonds is 4. The fourth-order valence-electron chi connectivity index (χ4n) is 1.32. The van der Waals surface area contributed by atoms with E-state index >= 15 is 0 Å². The largest absolute Gasteiger partial charge is 0.478 e. The predicted octanol–water partition coefficient (Wildman–Crippen LogP) is 0.401. The number of carboxylic acid groups (broad SMARTS) is 1. The van der Waals surface area contributed by atoms with E-state index in [4.69, 9.17) is 9.63 Å². The molecule has 2 rings (SSSR count). The number of nitrogens with zero attached hydrogens (tertiary/aromatic N) is 3. The van der Waals surface area contributed by atoms with E-state index in [0.29, 0.717) is 11.7 Å². The lowest BCUT2D eigenvalue weighted by Gasteiger charge is -2.01. The van der Waals surface area contributed by atoms with Gasteiger partial charge in [-0.2, -0.15) is 4.98 Å². The van der Waals surface area contributed by atoms with Crippen LogP contribution < -0.4 is 5.32 Å². The van der Waals surface area contributed by atoms with E-state index in [0.717, 1.165) is 6.20 Å². The molecule has 2 aromatic rings. The Balaban J connectivity index is 1.98. The minimum absolute atomic E-state index is 0.0188. The first kappa shape index (κ1) is 12.7. The van der Waals surface area contributed by atoms with Crippen molar-refractivity contribution in [3.05, 3.63) is 41.3 Å². The maximum atomic E-state index is 11.7. The molecule has 98 valence electrons. The topological polar surface area (TPSA) is 118 Å². The minimum atomic E-state index is -1.10. The van der Waals surface area contributed by atoms with E-state index in [9.17, 15) is 9.59 Å². The molecule has 0 unspecified atom stereocenters. The van der Waals surface area contributed by atoms with Crippen LogP contribution in [-0.4, -0.2) is 32.1 Å². The van der Waals surface area contributed by atoms with Gasteiger partial charge in [-0.25, -0.2) is 4.79 Å². The summed E-state index contributed by atoms with van der Waals surface area (Å²) in [4.78, 5) is 30.0. The van der Waals surface area contributed by atoms with Crippen molar-refractivity contribution in [1.82, 2.24) is 20.4 Å². The molecule has 8 nitrogen and oxygen atoms in total. The number of nitrogens with one attached hydrogen (secondary N) is 1. The van der Waals surface area contributed by atoms with Crippen LogP contribution in [0.15, 0.2) is 22.9 Å². The molecular weight excluding hydrogens is 252 g/mol. The fourth-order valence-corrected chi connectivity index (χ4v) is 1.32. The average Bonchev–Trinajstić information content (AvgIpc) is 2.82. The van der Waals surface area contributed by atoms with E-state index < -0.39 is 11.9 Å². The van der Waals surface area contributed by atoms with Crippen molar-refractivity contribution in [3.63, 3.8) is 0 Å². The molecule has 0 aromatic carbocycles. The molecule has 2 heterocycles. The van der Waals surface area contributed by atoms with Crippen LogP contribution in [0, 0.1) is 6.92 Å². The monoisotopic (exact) mass is 262 g/mol. The zero-order chi connectivity index (χ0) is 13.8. The molecule has 2 aromatic heterocycles. The van der Waals surface area contributed by atoms with Crippen LogP contribution in [-0.2, 0) is 6.54 Å². The number of hydrogen-bond acceptors (Lipinski definition) is 6. The van der Waals surface area contributed by atoms with Crippen LogP contribution in [0.2, 0.25) is 0 Å². The zero-order valence-electron chi connectivity index (χ0n) is 9.95. The molecule has 0 fully saturated rings. The summed E-state index contributed by atoms with van der Waals surface area (Å²) in [7, 11) is 0. The van der Waals surface area contributed by atoms with Crippen molar-refractivity contribution in [2.75, 3.05) is 0 Å². The van der Waals surface area contributed by atoms with Crippen molar-refractivity contribution in [2.45, 2.75) is 13.5 Å². The van der Waals surface area contributed by atoms with Gasteiger partial charge in [0.25, 0.3) is 5.91 Å². The Morgan fingerprint density at radius 3 is 2.74 bits per heavy atom. The van der Waals surface area contributed by atoms with Gasteiger partial charge in [-0.15, -0.1) is 0 Å². The van der Waals surface area contributed by atoms with Gasteiger partial charge in [-0.05, 0) is 12.1 Å². The fraction of sp³-hybridized carbons (Fsp3) is 0.182. The molecule has 0 spiro atoms. The molecule has 0 aliphatic rings. The summed E-state index contributed by atoms with van der Waals surface area (Å²) in [6, 6.07) is 2.64. The van der Waals surface area contributed by atoms with Gasteiger partial charge in [0.05, 0.1) is 12.1 Å². The third-order valence-corrected chi connectivity index (χ3v) is 2.22. The van der Waals surface area contributed by atoms with Crippen LogP contribution >= 0.6 is 0 Å². The Kier molecular flexibility index (Phi) is 3.51. The molecule has 0 bridgehead atoms. The van der Waals surface area contributed by atoms with Gasteiger partial charge < -0.3 is 14.9 Å². The van der Waals surface area contributed by atoms with Gasteiger partial charge in [0.15, 0.2) is 5.82 Å². The van der Waals surface area contributed by atoms with Gasteiger partial charge >= 0.3 is 5.97 Å².